The van der Waals surface area contributed by atoms with Crippen LogP contribution >= 0.6 is 0 Å². The molecule has 2 N–H and O–H groups in total. The molecule has 1 aromatic heterocycles. The Balaban J connectivity index is 0.00000441. The van der Waals surface area contributed by atoms with Crippen LogP contribution in [0.2, 0.25) is 0 Å². The number of amides is 2. The number of carbonyl (C=O) groups excluding carboxylic acids is 1. The summed E-state index contributed by atoms with van der Waals surface area (Å²) in [4.78, 5) is 18.5. The van der Waals surface area contributed by atoms with Gasteiger partial charge in [-0.25, -0.2) is 18.0 Å². The zero-order valence-electron chi connectivity index (χ0n) is 22.1. The maximum atomic E-state index is 14.7. The summed E-state index contributed by atoms with van der Waals surface area (Å²) in [5.41, 5.74) is 0.375. The van der Waals surface area contributed by atoms with Crippen molar-refractivity contribution in [2.24, 2.45) is 0 Å². The first-order valence-corrected chi connectivity index (χ1v) is 11.8. The molecule has 0 aliphatic carbocycles. The van der Waals surface area contributed by atoms with Crippen LogP contribution in [0, 0.1) is 28.8 Å². The molecule has 0 atom stereocenters. The molecule has 8 nitrogen and oxygen atoms in total. The van der Waals surface area contributed by atoms with Gasteiger partial charge in [-0.2, -0.15) is 5.26 Å². The standard InChI is InChI=1S/C28H24F3N5O3.Na/c1-36(2)10-3-11-38-27-15-25-20(12-17(27)16-32)26(8-9-33-25)39-19-5-7-24(22(31)14-19)35-28(37)34-23-6-4-18(29)13-21(23)30;/h4-9,12-15H,3,10-11H2,1-2H3,(H2,34,35,37);. The number of carbonyl (C=O) groups is 1. The second-order valence-electron chi connectivity index (χ2n) is 8.74. The first kappa shape index (κ1) is 30.7. The number of nitrogens with zero attached hydrogens (tertiary/aromatic N) is 3. The largest absolute Gasteiger partial charge is 0.492 e. The van der Waals surface area contributed by atoms with Crippen LogP contribution in [0.15, 0.2) is 60.8 Å². The van der Waals surface area contributed by atoms with Crippen LogP contribution in [0.4, 0.5) is 29.3 Å². The third-order valence-electron chi connectivity index (χ3n) is 5.53. The molecule has 0 saturated carbocycles. The first-order chi connectivity index (χ1) is 18.7. The molecule has 2 amide bonds. The van der Waals surface area contributed by atoms with Crippen LogP contribution in [-0.4, -0.2) is 72.7 Å². The Morgan fingerprint density at radius 2 is 1.68 bits per heavy atom. The van der Waals surface area contributed by atoms with E-state index in [9.17, 15) is 23.2 Å². The van der Waals surface area contributed by atoms with Gasteiger partial charge in [0.15, 0.2) is 0 Å². The molecule has 0 aliphatic heterocycles. The third-order valence-corrected chi connectivity index (χ3v) is 5.53. The zero-order chi connectivity index (χ0) is 27.9. The summed E-state index contributed by atoms with van der Waals surface area (Å²) in [5.74, 6) is -1.71. The van der Waals surface area contributed by atoms with Crippen molar-refractivity contribution in [1.82, 2.24) is 9.88 Å². The molecule has 0 unspecified atom stereocenters. The number of anilines is 2. The second kappa shape index (κ2) is 14.0. The average Bonchev–Trinajstić information content (AvgIpc) is 2.89. The number of fused-ring (bicyclic) bond motifs is 1. The molecule has 0 aliphatic rings. The van der Waals surface area contributed by atoms with E-state index in [2.05, 4.69) is 21.7 Å². The Kier molecular flexibility index (Phi) is 10.8. The number of ether oxygens (including phenoxy) is 2. The van der Waals surface area contributed by atoms with Crippen molar-refractivity contribution < 1.29 is 27.4 Å². The van der Waals surface area contributed by atoms with E-state index in [1.54, 1.807) is 18.2 Å². The summed E-state index contributed by atoms with van der Waals surface area (Å²) in [6.07, 6.45) is 2.30. The minimum Gasteiger partial charge on any atom is -0.492 e. The van der Waals surface area contributed by atoms with E-state index in [-0.39, 0.29) is 46.7 Å². The molecular weight excluding hydrogens is 534 g/mol. The van der Waals surface area contributed by atoms with Crippen molar-refractivity contribution in [2.75, 3.05) is 37.9 Å². The van der Waals surface area contributed by atoms with Crippen LogP contribution < -0.4 is 20.1 Å². The Labute approximate surface area is 251 Å². The van der Waals surface area contributed by atoms with Gasteiger partial charge < -0.3 is 25.0 Å². The molecular formula is C28H24F3N5NaO3. The van der Waals surface area contributed by atoms with Crippen LogP contribution in [0.5, 0.6) is 17.2 Å². The van der Waals surface area contributed by atoms with Gasteiger partial charge in [-0.15, -0.1) is 0 Å². The van der Waals surface area contributed by atoms with Crippen molar-refractivity contribution in [2.45, 2.75) is 6.42 Å². The summed E-state index contributed by atoms with van der Waals surface area (Å²) in [6.45, 7) is 1.28. The topological polar surface area (TPSA) is 99.5 Å². The fraction of sp³-hybridized carbons (Fsp3) is 0.179. The summed E-state index contributed by atoms with van der Waals surface area (Å²) in [6, 6.07) is 12.5. The maximum absolute atomic E-state index is 14.7. The van der Waals surface area contributed by atoms with Gasteiger partial charge in [0.05, 0.1) is 29.1 Å². The van der Waals surface area contributed by atoms with E-state index in [4.69, 9.17) is 9.47 Å². The van der Waals surface area contributed by atoms with Crippen LogP contribution in [0.25, 0.3) is 10.9 Å². The van der Waals surface area contributed by atoms with Gasteiger partial charge in [0.25, 0.3) is 0 Å². The van der Waals surface area contributed by atoms with E-state index in [1.807, 2.05) is 19.0 Å². The fourth-order valence-corrected chi connectivity index (χ4v) is 3.66. The molecule has 1 radical (unpaired) electrons. The third kappa shape index (κ3) is 7.86. The zero-order valence-corrected chi connectivity index (χ0v) is 24.1. The number of halogens is 3. The normalized spacial score (nSPS) is 10.5. The van der Waals surface area contributed by atoms with Gasteiger partial charge >= 0.3 is 6.03 Å². The number of pyridine rings is 1. The molecule has 3 aromatic carbocycles. The smallest absolute Gasteiger partial charge is 0.323 e. The predicted molar refractivity (Wildman–Crippen MR) is 146 cm³/mol. The number of rotatable bonds is 9. The van der Waals surface area contributed by atoms with Gasteiger partial charge in [0.1, 0.15) is 40.8 Å². The van der Waals surface area contributed by atoms with Gasteiger partial charge in [-0.05, 0) is 56.9 Å². The number of nitriles is 1. The molecule has 12 heteroatoms. The average molecular weight is 559 g/mol. The van der Waals surface area contributed by atoms with Crippen molar-refractivity contribution >= 4 is 57.9 Å². The second-order valence-corrected chi connectivity index (χ2v) is 8.74. The van der Waals surface area contributed by atoms with Gasteiger partial charge in [-0.3, -0.25) is 4.98 Å². The van der Waals surface area contributed by atoms with Gasteiger partial charge in [0.2, 0.25) is 0 Å². The molecule has 40 heavy (non-hydrogen) atoms. The van der Waals surface area contributed by atoms with Crippen LogP contribution in [0.1, 0.15) is 12.0 Å². The van der Waals surface area contributed by atoms with Crippen molar-refractivity contribution in [1.29, 1.82) is 5.26 Å². The monoisotopic (exact) mass is 558 g/mol. The Hall–Kier alpha value is -3.82. The molecule has 1 heterocycles. The fourth-order valence-electron chi connectivity index (χ4n) is 3.66. The molecule has 0 bridgehead atoms. The van der Waals surface area contributed by atoms with Crippen molar-refractivity contribution in [3.8, 4) is 23.3 Å². The SMILES string of the molecule is CN(C)CCCOc1cc2nccc(Oc3ccc(NC(=O)Nc4ccc(F)cc4F)c(F)c3)c2cc1C#N.[Na]. The first-order valence-electron chi connectivity index (χ1n) is 11.8. The predicted octanol–water partition coefficient (Wildman–Crippen LogP) is 5.91. The van der Waals surface area contributed by atoms with E-state index in [0.29, 0.717) is 40.6 Å². The Bertz CT molecular complexity index is 1560. The summed E-state index contributed by atoms with van der Waals surface area (Å²) >= 11 is 0. The summed E-state index contributed by atoms with van der Waals surface area (Å²) < 4.78 is 53.2. The molecule has 0 fully saturated rings. The summed E-state index contributed by atoms with van der Waals surface area (Å²) in [5, 5.41) is 14.6. The van der Waals surface area contributed by atoms with Gasteiger partial charge in [0, 0.05) is 65.9 Å². The van der Waals surface area contributed by atoms with E-state index < -0.39 is 23.5 Å². The number of urea groups is 1. The maximum Gasteiger partial charge on any atom is 0.323 e. The van der Waals surface area contributed by atoms with Crippen LogP contribution in [-0.2, 0) is 0 Å². The molecule has 201 valence electrons. The number of hydrogen-bond donors (Lipinski definition) is 2. The number of benzene rings is 3. The number of aromatic nitrogens is 1. The number of hydrogen-bond acceptors (Lipinski definition) is 6. The van der Waals surface area contributed by atoms with Crippen LogP contribution in [0.3, 0.4) is 0 Å². The minimum absolute atomic E-state index is 0. The number of nitrogens with one attached hydrogen (secondary N) is 2. The van der Waals surface area contributed by atoms with Gasteiger partial charge in [-0.1, -0.05) is 0 Å². The molecule has 0 spiro atoms. The minimum atomic E-state index is -0.971. The quantitative estimate of drug-likeness (QED) is 0.196. The Morgan fingerprint density at radius 1 is 0.975 bits per heavy atom. The molecule has 4 rings (SSSR count). The van der Waals surface area contributed by atoms with E-state index in [0.717, 1.165) is 31.2 Å². The van der Waals surface area contributed by atoms with E-state index in [1.165, 1.54) is 18.3 Å². The molecule has 4 aromatic rings. The molecule has 0 saturated heterocycles. The Morgan fingerprint density at radius 3 is 2.33 bits per heavy atom. The van der Waals surface area contributed by atoms with Crippen molar-refractivity contribution in [3.63, 3.8) is 0 Å². The van der Waals surface area contributed by atoms with Crippen molar-refractivity contribution in [3.05, 3.63) is 83.8 Å². The summed E-state index contributed by atoms with van der Waals surface area (Å²) in [7, 11) is 3.93. The van der Waals surface area contributed by atoms with E-state index >= 15 is 0 Å².